The minimum atomic E-state index is -2.73. The molecule has 17 aliphatic heterocycles. The Morgan fingerprint density at radius 3 is 0.835 bits per heavy atom. The Bertz CT molecular complexity index is 1990. The van der Waals surface area contributed by atoms with Gasteiger partial charge >= 0.3 is 0 Å². The largest absolute Gasteiger partial charge is 0.506 e. The van der Waals surface area contributed by atoms with Crippen molar-refractivity contribution in [2.45, 2.75) is 203 Å². The van der Waals surface area contributed by atoms with Gasteiger partial charge in [-0.3, -0.25) is 0 Å². The van der Waals surface area contributed by atoms with Gasteiger partial charge in [-0.2, -0.15) is 0 Å². The predicted molar refractivity (Wildman–Crippen MR) is 238 cm³/mol. The summed E-state index contributed by atoms with van der Waals surface area (Å²) in [5, 5.41) is 233. The molecule has 6 saturated heterocycles. The van der Waals surface area contributed by atoms with Crippen molar-refractivity contribution in [2.24, 2.45) is 5.11 Å². The fourth-order valence-electron chi connectivity index (χ4n) is 9.94. The molecule has 17 aliphatic rings. The highest BCUT2D eigenvalue weighted by Gasteiger charge is 2.58. The van der Waals surface area contributed by atoms with E-state index in [2.05, 4.69) is 10.0 Å². The summed E-state index contributed by atoms with van der Waals surface area (Å²) in [6.07, 6.45) is -66.9. The molecule has 37 heteroatoms. The molecule has 0 radical (unpaired) electrons. The first-order valence-electron chi connectivity index (χ1n) is 24.7. The van der Waals surface area contributed by atoms with Gasteiger partial charge in [-0.15, -0.1) is 0 Å². The summed E-state index contributed by atoms with van der Waals surface area (Å²) >= 11 is 0. The molecular weight excluding hydrogens is 1090 g/mol. The van der Waals surface area contributed by atoms with Crippen LogP contribution in [0, 0.1) is 0 Å². The summed E-state index contributed by atoms with van der Waals surface area (Å²) in [6.45, 7) is -7.05. The van der Waals surface area contributed by atoms with Gasteiger partial charge in [-0.05, 0) is 5.53 Å². The molecule has 21 N–H and O–H groups in total. The highest BCUT2D eigenvalue weighted by Crippen LogP contribution is 2.38. The standard InChI is InChI=1S/C42H69N3O34/c43-45-44-3-10-30-17(53)25(61)38(68-10)75-32-12(5-48)70-40(26(62)19(32)55)77-34-14(7-50)72-42(28(64)21(34)57)79-35-15(8-51)73-41(29(65)22(35)58)78-33-13(6-49)71-39(27(63)20(33)56)76-31-11(4-47)69-37(24(60)18(31)54)67-9(1-2-46)16(52)23(59)36(66)74-30/h9-15,17-22,24-42,46-66H,1-8H2/b23-16-/t9?,10?,11?,12?,13?,14?,15?,17?,18?,19?,20?,21?,22?,24?,25?,26?,27?,28?,29?,30?,31?,32?,33?,34?,35?,36?,37?,38-,39?,40?,41?,42?/m0/s1. The predicted octanol–water partition coefficient (Wildman–Crippen LogP) is -12.3. The summed E-state index contributed by atoms with van der Waals surface area (Å²) in [6, 6.07) is 0. The molecular formula is C42H69N3O34. The van der Waals surface area contributed by atoms with E-state index in [1.807, 2.05) is 0 Å². The number of aliphatic hydroxyl groups excluding tert-OH is 21. The van der Waals surface area contributed by atoms with Crippen molar-refractivity contribution in [1.29, 1.82) is 0 Å². The van der Waals surface area contributed by atoms with E-state index >= 15 is 0 Å². The lowest BCUT2D eigenvalue weighted by atomic mass is 9.95. The number of nitrogens with zero attached hydrogens (tertiary/aromatic N) is 3. The molecule has 0 aromatic carbocycles. The first-order chi connectivity index (χ1) is 37.6. The van der Waals surface area contributed by atoms with Gasteiger partial charge in [0.15, 0.2) is 49.3 Å². The van der Waals surface area contributed by atoms with Gasteiger partial charge in [-0.1, -0.05) is 5.11 Å². The lowest BCUT2D eigenvalue weighted by molar-refractivity contribution is -0.396. The first kappa shape index (κ1) is 63.9. The zero-order valence-corrected chi connectivity index (χ0v) is 41.2. The third-order valence-corrected chi connectivity index (χ3v) is 14.3. The van der Waals surface area contributed by atoms with Crippen LogP contribution in [-0.4, -0.2) is 350 Å². The van der Waals surface area contributed by atoms with Crippen LogP contribution in [0.3, 0.4) is 0 Å². The number of hydrogen-bond donors (Lipinski definition) is 21. The maximum absolute atomic E-state index is 11.3. The van der Waals surface area contributed by atoms with Gasteiger partial charge in [0.1, 0.15) is 146 Å². The zero-order valence-electron chi connectivity index (χ0n) is 41.2. The summed E-state index contributed by atoms with van der Waals surface area (Å²) in [5.41, 5.74) is 9.12. The van der Waals surface area contributed by atoms with E-state index in [1.165, 1.54) is 0 Å². The van der Waals surface area contributed by atoms with Crippen LogP contribution in [-0.2, 0) is 61.6 Å². The molecule has 32 atom stereocenters. The summed E-state index contributed by atoms with van der Waals surface area (Å²) in [7, 11) is 0. The molecule has 79 heavy (non-hydrogen) atoms. The van der Waals surface area contributed by atoms with Crippen molar-refractivity contribution >= 4 is 0 Å². The Hall–Kier alpha value is -2.63. The second kappa shape index (κ2) is 27.8. The van der Waals surface area contributed by atoms with Crippen molar-refractivity contribution in [3.05, 3.63) is 22.0 Å². The third kappa shape index (κ3) is 13.3. The fourth-order valence-corrected chi connectivity index (χ4v) is 9.94. The highest BCUT2D eigenvalue weighted by atomic mass is 16.8. The number of ether oxygens (including phenoxy) is 13. The van der Waals surface area contributed by atoms with Crippen molar-refractivity contribution < 1.29 is 169 Å². The monoisotopic (exact) mass is 1160 g/mol. The van der Waals surface area contributed by atoms with Crippen LogP contribution in [0.4, 0.5) is 0 Å². The number of aliphatic hydroxyl groups is 21. The van der Waals surface area contributed by atoms with E-state index in [4.69, 9.17) is 67.1 Å². The molecule has 31 unspecified atom stereocenters. The molecule has 17 heterocycles. The highest BCUT2D eigenvalue weighted by molar-refractivity contribution is 5.09. The Balaban J connectivity index is 1.20. The molecule has 0 saturated carbocycles. The van der Waals surface area contributed by atoms with Crippen molar-refractivity contribution in [1.82, 2.24) is 0 Å². The molecule has 0 spiro atoms. The zero-order chi connectivity index (χ0) is 57.9. The molecule has 37 nitrogen and oxygen atoms in total. The number of hydrogen-bond acceptors (Lipinski definition) is 35. The van der Waals surface area contributed by atoms with Crippen LogP contribution in [0.15, 0.2) is 16.6 Å². The maximum atomic E-state index is 11.3. The third-order valence-electron chi connectivity index (χ3n) is 14.3. The van der Waals surface area contributed by atoms with E-state index in [1.54, 1.807) is 0 Å². The van der Waals surface area contributed by atoms with Crippen LogP contribution in [0.5, 0.6) is 0 Å². The molecule has 0 aliphatic carbocycles. The van der Waals surface area contributed by atoms with E-state index in [0.717, 1.165) is 0 Å². The van der Waals surface area contributed by atoms with Gasteiger partial charge in [0, 0.05) is 17.9 Å². The Morgan fingerprint density at radius 1 is 0.329 bits per heavy atom. The van der Waals surface area contributed by atoms with E-state index in [-0.39, 0.29) is 0 Å². The second-order valence-corrected chi connectivity index (χ2v) is 19.3. The fraction of sp³-hybridized carbons (Fsp3) is 0.952. The van der Waals surface area contributed by atoms with Crippen molar-refractivity contribution in [2.75, 3.05) is 46.2 Å². The lowest BCUT2D eigenvalue weighted by Gasteiger charge is -2.50. The van der Waals surface area contributed by atoms with Crippen molar-refractivity contribution in [3.63, 3.8) is 0 Å². The Labute approximate surface area is 444 Å². The van der Waals surface area contributed by atoms with Gasteiger partial charge < -0.3 is 169 Å². The number of fused-ring (bicyclic) bond motifs is 1. The van der Waals surface area contributed by atoms with Gasteiger partial charge in [-0.25, -0.2) is 0 Å². The minimum absolute atomic E-state index is 0.693. The average Bonchev–Trinajstić information content (AvgIpc) is 3.48. The summed E-state index contributed by atoms with van der Waals surface area (Å²) in [4.78, 5) is 2.58. The second-order valence-electron chi connectivity index (χ2n) is 19.3. The Kier molecular flexibility index (Phi) is 22.5. The SMILES string of the molecule is [N-]=[N+]=NCC1O[C@H]2OC3C(CO)OC(OC4C(CO)OC(OC5C(CO)OC(OC6C(CO)OC(OC7C(CO)OC(OC(CCO)/C(O)=C(/O)C(O)OC1C(O)C2O)C(O)C7O)C(O)C6O)C(O)C5O)C(O)C4O)C(O)C3O. The molecule has 0 amide bonds. The van der Waals surface area contributed by atoms with Gasteiger partial charge in [0.25, 0.3) is 0 Å². The average molecular weight is 1160 g/mol. The molecule has 17 rings (SSSR count). The lowest BCUT2D eigenvalue weighted by Crippen LogP contribution is -2.68. The molecule has 0 aromatic rings. The van der Waals surface area contributed by atoms with Crippen LogP contribution in [0.1, 0.15) is 6.42 Å². The van der Waals surface area contributed by atoms with Crippen LogP contribution < -0.4 is 0 Å². The molecule has 6 fully saturated rings. The molecule has 0 aromatic heterocycles. The summed E-state index contributed by atoms with van der Waals surface area (Å²) in [5.74, 6) is -2.89. The topological polar surface area (TPSA) is 594 Å². The Morgan fingerprint density at radius 2 is 0.582 bits per heavy atom. The summed E-state index contributed by atoms with van der Waals surface area (Å²) < 4.78 is 73.2. The van der Waals surface area contributed by atoms with E-state index in [0.29, 0.717) is 0 Å². The van der Waals surface area contributed by atoms with Crippen LogP contribution in [0.2, 0.25) is 0 Å². The van der Waals surface area contributed by atoms with Crippen LogP contribution >= 0.6 is 0 Å². The maximum Gasteiger partial charge on any atom is 0.218 e. The normalized spacial score (nSPS) is 51.7. The smallest absolute Gasteiger partial charge is 0.218 e. The molecule has 12 bridgehead atoms. The van der Waals surface area contributed by atoms with E-state index < -0.39 is 261 Å². The van der Waals surface area contributed by atoms with Crippen molar-refractivity contribution in [3.8, 4) is 0 Å². The quantitative estimate of drug-likeness (QED) is 0.0579. The molecule has 456 valence electrons. The number of rotatable bonds is 9. The number of azide groups is 1. The van der Waals surface area contributed by atoms with Crippen LogP contribution in [0.25, 0.3) is 10.4 Å². The van der Waals surface area contributed by atoms with E-state index in [9.17, 15) is 107 Å². The first-order valence-corrected chi connectivity index (χ1v) is 24.7. The van der Waals surface area contributed by atoms with Gasteiger partial charge in [0.2, 0.25) is 6.29 Å². The minimum Gasteiger partial charge on any atom is -0.506 e. The van der Waals surface area contributed by atoms with Gasteiger partial charge in [0.05, 0.1) is 45.7 Å².